The third-order valence-corrected chi connectivity index (χ3v) is 4.89. The first-order valence-corrected chi connectivity index (χ1v) is 9.38. The van der Waals surface area contributed by atoms with Gasteiger partial charge < -0.3 is 19.4 Å². The summed E-state index contributed by atoms with van der Waals surface area (Å²) in [6.07, 6.45) is 1.80. The smallest absolute Gasteiger partial charge is 0.174 e. The number of hydrogen-bond donors (Lipinski definition) is 1. The molecule has 2 atom stereocenters. The normalized spacial score (nSPS) is 19.2. The highest BCUT2D eigenvalue weighted by atomic mass is 32.1. The van der Waals surface area contributed by atoms with Crippen molar-refractivity contribution in [2.75, 3.05) is 11.5 Å². The molecule has 138 valence electrons. The Bertz CT molecular complexity index is 924. The van der Waals surface area contributed by atoms with E-state index in [0.717, 1.165) is 28.7 Å². The third-order valence-electron chi connectivity index (χ3n) is 4.58. The summed E-state index contributed by atoms with van der Waals surface area (Å²) in [6.45, 7) is 4.56. The molecule has 1 aliphatic rings. The van der Waals surface area contributed by atoms with Crippen LogP contribution in [0.2, 0.25) is 0 Å². The van der Waals surface area contributed by atoms with E-state index in [1.165, 1.54) is 0 Å². The SMILES string of the molecule is CCOc1ccc(N2C(=S)N[C@@H](c3ccccn3)[C@H]2c2ccc(C)o2)cc1. The van der Waals surface area contributed by atoms with Crippen LogP contribution in [0.25, 0.3) is 0 Å². The summed E-state index contributed by atoms with van der Waals surface area (Å²) < 4.78 is 11.5. The number of hydrogen-bond acceptors (Lipinski definition) is 4. The van der Waals surface area contributed by atoms with Crippen LogP contribution in [0.1, 0.15) is 36.2 Å². The van der Waals surface area contributed by atoms with E-state index in [2.05, 4.69) is 15.2 Å². The molecule has 1 N–H and O–H groups in total. The highest BCUT2D eigenvalue weighted by Crippen LogP contribution is 2.42. The number of nitrogens with one attached hydrogen (secondary N) is 1. The number of rotatable bonds is 5. The fraction of sp³-hybridized carbons (Fsp3) is 0.238. The van der Waals surface area contributed by atoms with Gasteiger partial charge in [-0.15, -0.1) is 0 Å². The van der Waals surface area contributed by atoms with E-state index in [1.54, 1.807) is 6.20 Å². The first kappa shape index (κ1) is 17.5. The van der Waals surface area contributed by atoms with Crippen LogP contribution in [-0.4, -0.2) is 16.7 Å². The second-order valence-electron chi connectivity index (χ2n) is 6.37. The van der Waals surface area contributed by atoms with Gasteiger partial charge >= 0.3 is 0 Å². The first-order chi connectivity index (χ1) is 13.2. The van der Waals surface area contributed by atoms with Crippen LogP contribution in [0.4, 0.5) is 5.69 Å². The van der Waals surface area contributed by atoms with Gasteiger partial charge in [-0.05, 0) is 74.6 Å². The minimum atomic E-state index is -0.126. The number of aromatic nitrogens is 1. The number of ether oxygens (including phenoxy) is 1. The average Bonchev–Trinajstić information content (AvgIpc) is 3.26. The highest BCUT2D eigenvalue weighted by molar-refractivity contribution is 7.80. The second kappa shape index (κ2) is 7.40. The molecule has 0 radical (unpaired) electrons. The van der Waals surface area contributed by atoms with Gasteiger partial charge in [0.05, 0.1) is 18.3 Å². The van der Waals surface area contributed by atoms with E-state index in [-0.39, 0.29) is 12.1 Å². The van der Waals surface area contributed by atoms with Crippen molar-refractivity contribution < 1.29 is 9.15 Å². The number of anilines is 1. The fourth-order valence-electron chi connectivity index (χ4n) is 3.40. The van der Waals surface area contributed by atoms with E-state index in [0.29, 0.717) is 11.7 Å². The molecular formula is C21H21N3O2S. The zero-order chi connectivity index (χ0) is 18.8. The topological polar surface area (TPSA) is 50.5 Å². The Labute approximate surface area is 164 Å². The summed E-state index contributed by atoms with van der Waals surface area (Å²) in [6, 6.07) is 17.6. The van der Waals surface area contributed by atoms with Crippen LogP contribution < -0.4 is 15.0 Å². The maximum absolute atomic E-state index is 5.99. The number of thiocarbonyl (C=S) groups is 1. The molecule has 6 heteroatoms. The van der Waals surface area contributed by atoms with Gasteiger partial charge in [0.25, 0.3) is 0 Å². The quantitative estimate of drug-likeness (QED) is 0.656. The Kier molecular flexibility index (Phi) is 4.81. The van der Waals surface area contributed by atoms with E-state index in [1.807, 2.05) is 68.4 Å². The Hall–Kier alpha value is -2.86. The van der Waals surface area contributed by atoms with Gasteiger partial charge in [-0.3, -0.25) is 4.98 Å². The van der Waals surface area contributed by atoms with Gasteiger partial charge in [0.15, 0.2) is 5.11 Å². The number of furan rings is 1. The lowest BCUT2D eigenvalue weighted by Gasteiger charge is -2.26. The van der Waals surface area contributed by atoms with Crippen molar-refractivity contribution in [3.05, 3.63) is 78.0 Å². The van der Waals surface area contributed by atoms with E-state index in [9.17, 15) is 0 Å². The van der Waals surface area contributed by atoms with Gasteiger partial charge in [0.2, 0.25) is 0 Å². The lowest BCUT2D eigenvalue weighted by Crippen LogP contribution is -2.29. The van der Waals surface area contributed by atoms with Crippen LogP contribution in [0.15, 0.2) is 65.2 Å². The van der Waals surface area contributed by atoms with Crippen molar-refractivity contribution in [3.63, 3.8) is 0 Å². The summed E-state index contributed by atoms with van der Waals surface area (Å²) in [4.78, 5) is 6.62. The van der Waals surface area contributed by atoms with Crippen LogP contribution in [0, 0.1) is 6.92 Å². The number of aryl methyl sites for hydroxylation is 1. The molecule has 1 saturated heterocycles. The standard InChI is InChI=1S/C21H21N3O2S/c1-3-25-16-10-8-15(9-11-16)24-20(18-12-7-14(2)26-18)19(23-21(24)27)17-6-4-5-13-22-17/h4-13,19-20H,3H2,1-2H3,(H,23,27)/t19-,20+/m0/s1. The fourth-order valence-corrected chi connectivity index (χ4v) is 3.75. The molecule has 0 unspecified atom stereocenters. The highest BCUT2D eigenvalue weighted by Gasteiger charge is 2.42. The summed E-state index contributed by atoms with van der Waals surface area (Å²) in [5.41, 5.74) is 1.90. The molecular weight excluding hydrogens is 358 g/mol. The van der Waals surface area contributed by atoms with Crippen molar-refractivity contribution in [2.45, 2.75) is 25.9 Å². The lowest BCUT2D eigenvalue weighted by molar-refractivity contribution is 0.340. The largest absolute Gasteiger partial charge is 0.494 e. The van der Waals surface area contributed by atoms with E-state index in [4.69, 9.17) is 21.4 Å². The Balaban J connectivity index is 1.75. The molecule has 3 heterocycles. The summed E-state index contributed by atoms with van der Waals surface area (Å²) in [5.74, 6) is 2.56. The van der Waals surface area contributed by atoms with Gasteiger partial charge in [-0.2, -0.15) is 0 Å². The molecule has 1 aromatic carbocycles. The molecule has 4 rings (SSSR count). The molecule has 0 bridgehead atoms. The minimum absolute atomic E-state index is 0.101. The molecule has 3 aromatic rings. The molecule has 0 spiro atoms. The van der Waals surface area contributed by atoms with Crippen molar-refractivity contribution in [2.24, 2.45) is 0 Å². The molecule has 0 aliphatic carbocycles. The van der Waals surface area contributed by atoms with Crippen LogP contribution in [0.3, 0.4) is 0 Å². The molecule has 0 saturated carbocycles. The maximum atomic E-state index is 5.99. The Morgan fingerprint density at radius 2 is 1.96 bits per heavy atom. The summed E-state index contributed by atoms with van der Waals surface area (Å²) in [5, 5.41) is 4.07. The molecule has 27 heavy (non-hydrogen) atoms. The van der Waals surface area contributed by atoms with Crippen molar-refractivity contribution in [1.82, 2.24) is 10.3 Å². The average molecular weight is 379 g/mol. The third kappa shape index (κ3) is 3.40. The first-order valence-electron chi connectivity index (χ1n) is 8.97. The van der Waals surface area contributed by atoms with Gasteiger partial charge in [0.1, 0.15) is 23.3 Å². The zero-order valence-corrected chi connectivity index (χ0v) is 16.1. The predicted molar refractivity (Wildman–Crippen MR) is 109 cm³/mol. The van der Waals surface area contributed by atoms with Gasteiger partial charge in [-0.1, -0.05) is 6.07 Å². The molecule has 5 nitrogen and oxygen atoms in total. The monoisotopic (exact) mass is 379 g/mol. The summed E-state index contributed by atoms with van der Waals surface area (Å²) in [7, 11) is 0. The van der Waals surface area contributed by atoms with Crippen LogP contribution >= 0.6 is 12.2 Å². The van der Waals surface area contributed by atoms with Crippen molar-refractivity contribution in [3.8, 4) is 5.75 Å². The molecule has 1 fully saturated rings. The predicted octanol–water partition coefficient (Wildman–Crippen LogP) is 4.56. The van der Waals surface area contributed by atoms with E-state index >= 15 is 0 Å². The lowest BCUT2D eigenvalue weighted by atomic mass is 10.0. The minimum Gasteiger partial charge on any atom is -0.494 e. The molecule has 2 aromatic heterocycles. The van der Waals surface area contributed by atoms with E-state index < -0.39 is 0 Å². The number of pyridine rings is 1. The van der Waals surface area contributed by atoms with Gasteiger partial charge in [0, 0.05) is 11.9 Å². The van der Waals surface area contributed by atoms with Gasteiger partial charge in [-0.25, -0.2) is 0 Å². The van der Waals surface area contributed by atoms with Crippen molar-refractivity contribution in [1.29, 1.82) is 0 Å². The molecule has 0 amide bonds. The van der Waals surface area contributed by atoms with Crippen LogP contribution in [0.5, 0.6) is 5.75 Å². The molecule has 1 aliphatic heterocycles. The maximum Gasteiger partial charge on any atom is 0.174 e. The number of benzene rings is 1. The Morgan fingerprint density at radius 1 is 1.15 bits per heavy atom. The Morgan fingerprint density at radius 3 is 2.59 bits per heavy atom. The second-order valence-corrected chi connectivity index (χ2v) is 6.76. The van der Waals surface area contributed by atoms with Crippen molar-refractivity contribution >= 4 is 23.0 Å². The number of nitrogens with zero attached hydrogens (tertiary/aromatic N) is 2. The van der Waals surface area contributed by atoms with Crippen LogP contribution in [-0.2, 0) is 0 Å². The summed E-state index contributed by atoms with van der Waals surface area (Å²) >= 11 is 5.68. The zero-order valence-electron chi connectivity index (χ0n) is 15.3.